The number of alkyl halides is 3. The highest BCUT2D eigenvalue weighted by molar-refractivity contribution is 6.67. The van der Waals surface area contributed by atoms with E-state index in [9.17, 15) is 13.2 Å². The molecule has 92 valence electrons. The van der Waals surface area contributed by atoms with Crippen LogP contribution >= 0.6 is 0 Å². The van der Waals surface area contributed by atoms with Crippen LogP contribution in [0, 0.1) is 0 Å². The van der Waals surface area contributed by atoms with E-state index in [-0.39, 0.29) is 6.04 Å². The van der Waals surface area contributed by atoms with Crippen LogP contribution in [0.2, 0.25) is 12.1 Å². The van der Waals surface area contributed by atoms with Crippen LogP contribution in [0.5, 0.6) is 0 Å². The van der Waals surface area contributed by atoms with E-state index in [0.29, 0.717) is 19.3 Å². The zero-order valence-corrected chi connectivity index (χ0v) is 10.5. The van der Waals surface area contributed by atoms with E-state index in [4.69, 9.17) is 8.85 Å². The lowest BCUT2D eigenvalue weighted by Crippen LogP contribution is -2.42. The lowest BCUT2D eigenvalue weighted by Gasteiger charge is -2.29. The molecular weight excluding hydrogens is 225 g/mol. The monoisotopic (exact) mass is 244 g/mol. The average molecular weight is 244 g/mol. The predicted molar refractivity (Wildman–Crippen MR) is 55.0 cm³/mol. The third-order valence-electron chi connectivity index (χ3n) is 2.14. The van der Waals surface area contributed by atoms with Crippen LogP contribution in [-0.4, -0.2) is 28.0 Å². The van der Waals surface area contributed by atoms with Crippen molar-refractivity contribution >= 4 is 8.56 Å². The Balaban J connectivity index is 4.33. The van der Waals surface area contributed by atoms with Crippen molar-refractivity contribution in [3.8, 4) is 0 Å². The molecule has 0 fully saturated rings. The molecular formula is C9H19F3O2Si. The van der Waals surface area contributed by atoms with E-state index in [0.717, 1.165) is 0 Å². The number of halogens is 3. The second kappa shape index (κ2) is 6.50. The van der Waals surface area contributed by atoms with Crippen LogP contribution in [-0.2, 0) is 8.85 Å². The van der Waals surface area contributed by atoms with Gasteiger partial charge in [0.2, 0.25) is 0 Å². The van der Waals surface area contributed by atoms with E-state index in [1.54, 1.807) is 13.8 Å². The first kappa shape index (κ1) is 14.9. The van der Waals surface area contributed by atoms with Crippen molar-refractivity contribution in [2.75, 3.05) is 13.2 Å². The molecule has 0 atom stereocenters. The normalized spacial score (nSPS) is 13.2. The molecule has 0 saturated carbocycles. The second-order valence-electron chi connectivity index (χ2n) is 3.25. The Hall–Kier alpha value is -0.0731. The summed E-state index contributed by atoms with van der Waals surface area (Å²) in [6.07, 6.45) is -4.94. The van der Waals surface area contributed by atoms with Gasteiger partial charge in [0, 0.05) is 19.6 Å². The molecule has 0 amide bonds. The summed E-state index contributed by atoms with van der Waals surface area (Å²) >= 11 is 0. The molecule has 2 nitrogen and oxygen atoms in total. The zero-order chi connectivity index (χ0) is 11.9. The molecule has 0 unspecified atom stereocenters. The number of hydrogen-bond donors (Lipinski definition) is 0. The molecule has 0 heterocycles. The standard InChI is InChI=1S/C9H19F3O2Si/c1-4-13-15(6-3,14-5-2)8-7-9(10,11)12/h4-8H2,1-3H3. The van der Waals surface area contributed by atoms with Gasteiger partial charge in [-0.15, -0.1) is 0 Å². The van der Waals surface area contributed by atoms with Gasteiger partial charge < -0.3 is 8.85 Å². The van der Waals surface area contributed by atoms with E-state index >= 15 is 0 Å². The van der Waals surface area contributed by atoms with Gasteiger partial charge in [0.05, 0.1) is 0 Å². The Bertz CT molecular complexity index is 167. The molecule has 0 radical (unpaired) electrons. The average Bonchev–Trinajstić information content (AvgIpc) is 2.14. The highest BCUT2D eigenvalue weighted by atomic mass is 28.4. The van der Waals surface area contributed by atoms with Gasteiger partial charge in [0.1, 0.15) is 0 Å². The lowest BCUT2D eigenvalue weighted by molar-refractivity contribution is -0.132. The van der Waals surface area contributed by atoms with Crippen molar-refractivity contribution in [3.05, 3.63) is 0 Å². The molecule has 0 aromatic carbocycles. The maximum atomic E-state index is 12.1. The maximum Gasteiger partial charge on any atom is 0.389 e. The molecule has 6 heteroatoms. The van der Waals surface area contributed by atoms with Gasteiger partial charge in [-0.05, 0) is 25.9 Å². The molecule has 15 heavy (non-hydrogen) atoms. The fraction of sp³-hybridized carbons (Fsp3) is 1.00. The van der Waals surface area contributed by atoms with Crippen molar-refractivity contribution in [3.63, 3.8) is 0 Å². The van der Waals surface area contributed by atoms with Crippen LogP contribution in [0.25, 0.3) is 0 Å². The fourth-order valence-electron chi connectivity index (χ4n) is 1.43. The highest BCUT2D eigenvalue weighted by Gasteiger charge is 2.39. The number of hydrogen-bond acceptors (Lipinski definition) is 2. The van der Waals surface area contributed by atoms with Crippen LogP contribution in [0.1, 0.15) is 27.2 Å². The minimum absolute atomic E-state index is 0.00528. The molecule has 0 aromatic heterocycles. The minimum atomic E-state index is -4.12. The lowest BCUT2D eigenvalue weighted by atomic mass is 10.5. The summed E-state index contributed by atoms with van der Waals surface area (Å²) in [4.78, 5) is 0. The number of rotatable bonds is 7. The first-order valence-corrected chi connectivity index (χ1v) is 7.47. The van der Waals surface area contributed by atoms with E-state index in [2.05, 4.69) is 0 Å². The zero-order valence-electron chi connectivity index (χ0n) is 9.49. The fourth-order valence-corrected chi connectivity index (χ4v) is 4.28. The third-order valence-corrected chi connectivity index (χ3v) is 5.86. The van der Waals surface area contributed by atoms with Gasteiger partial charge in [-0.25, -0.2) is 0 Å². The van der Waals surface area contributed by atoms with E-state index in [1.807, 2.05) is 6.92 Å². The van der Waals surface area contributed by atoms with Gasteiger partial charge in [0.25, 0.3) is 0 Å². The highest BCUT2D eigenvalue weighted by Crippen LogP contribution is 2.29. The molecule has 0 aromatic rings. The quantitative estimate of drug-likeness (QED) is 0.638. The molecule has 0 aliphatic heterocycles. The van der Waals surface area contributed by atoms with E-state index < -0.39 is 21.2 Å². The molecule has 0 aliphatic rings. The van der Waals surface area contributed by atoms with Crippen LogP contribution in [0.4, 0.5) is 13.2 Å². The summed E-state index contributed by atoms with van der Waals surface area (Å²) in [6, 6.07) is 0.555. The molecule has 0 saturated heterocycles. The van der Waals surface area contributed by atoms with Crippen LogP contribution in [0.3, 0.4) is 0 Å². The Labute approximate surface area is 90.0 Å². The van der Waals surface area contributed by atoms with Crippen molar-refractivity contribution in [2.24, 2.45) is 0 Å². The molecule has 0 aliphatic carbocycles. The predicted octanol–water partition coefficient (Wildman–Crippen LogP) is 3.47. The first-order chi connectivity index (χ1) is 6.89. The topological polar surface area (TPSA) is 18.5 Å². The van der Waals surface area contributed by atoms with Gasteiger partial charge in [0.15, 0.2) is 0 Å². The summed E-state index contributed by atoms with van der Waals surface area (Å²) in [5, 5.41) is 0. The Morgan fingerprint density at radius 2 is 1.47 bits per heavy atom. The van der Waals surface area contributed by atoms with E-state index in [1.165, 1.54) is 0 Å². The molecule has 0 bridgehead atoms. The van der Waals surface area contributed by atoms with Gasteiger partial charge in [-0.2, -0.15) is 13.2 Å². The summed E-state index contributed by atoms with van der Waals surface area (Å²) in [6.45, 7) is 6.22. The van der Waals surface area contributed by atoms with Crippen molar-refractivity contribution in [2.45, 2.75) is 45.5 Å². The summed E-state index contributed by atoms with van der Waals surface area (Å²) in [5.74, 6) is 0. The summed E-state index contributed by atoms with van der Waals surface area (Å²) in [7, 11) is -2.60. The summed E-state index contributed by atoms with van der Waals surface area (Å²) < 4.78 is 47.2. The van der Waals surface area contributed by atoms with Gasteiger partial charge in [-0.3, -0.25) is 0 Å². The Kier molecular flexibility index (Phi) is 6.46. The van der Waals surface area contributed by atoms with Crippen molar-refractivity contribution < 1.29 is 22.0 Å². The van der Waals surface area contributed by atoms with Gasteiger partial charge >= 0.3 is 14.7 Å². The van der Waals surface area contributed by atoms with Gasteiger partial charge in [-0.1, -0.05) is 6.92 Å². The molecule has 0 spiro atoms. The Morgan fingerprint density at radius 1 is 1.00 bits per heavy atom. The van der Waals surface area contributed by atoms with Crippen LogP contribution < -0.4 is 0 Å². The summed E-state index contributed by atoms with van der Waals surface area (Å²) in [5.41, 5.74) is 0. The van der Waals surface area contributed by atoms with Crippen LogP contribution in [0.15, 0.2) is 0 Å². The largest absolute Gasteiger partial charge is 0.394 e. The van der Waals surface area contributed by atoms with Crippen molar-refractivity contribution in [1.82, 2.24) is 0 Å². The van der Waals surface area contributed by atoms with Crippen molar-refractivity contribution in [1.29, 1.82) is 0 Å². The SMILES string of the molecule is CCO[Si](CC)(CCC(F)(F)F)OCC. The minimum Gasteiger partial charge on any atom is -0.394 e. The maximum absolute atomic E-state index is 12.1. The smallest absolute Gasteiger partial charge is 0.389 e. The molecule has 0 rings (SSSR count). The third kappa shape index (κ3) is 6.16. The first-order valence-electron chi connectivity index (χ1n) is 5.23. The Morgan fingerprint density at radius 3 is 1.73 bits per heavy atom. The molecule has 0 N–H and O–H groups in total. The second-order valence-corrected chi connectivity index (χ2v) is 6.85.